The lowest BCUT2D eigenvalue weighted by molar-refractivity contribution is -0.114. The zero-order chi connectivity index (χ0) is 20.0. The second-order valence-corrected chi connectivity index (χ2v) is 6.43. The van der Waals surface area contributed by atoms with Crippen LogP contribution in [0.4, 0.5) is 13.2 Å². The van der Waals surface area contributed by atoms with E-state index in [-0.39, 0.29) is 29.0 Å². The van der Waals surface area contributed by atoms with Crippen LogP contribution < -0.4 is 10.1 Å². The molecule has 2 aromatic rings. The Labute approximate surface area is 157 Å². The average molecular weight is 398 g/mol. The Kier molecular flexibility index (Phi) is 6.67. The van der Waals surface area contributed by atoms with Crippen LogP contribution in [0, 0.1) is 5.41 Å². The molecule has 0 bridgehead atoms. The summed E-state index contributed by atoms with van der Waals surface area (Å²) in [5.41, 5.74) is -3.42. The van der Waals surface area contributed by atoms with Gasteiger partial charge in [0.05, 0.1) is 5.69 Å². The van der Waals surface area contributed by atoms with Gasteiger partial charge in [0.2, 0.25) is 5.88 Å². The van der Waals surface area contributed by atoms with E-state index in [2.05, 4.69) is 10.4 Å². The summed E-state index contributed by atoms with van der Waals surface area (Å²) in [6, 6.07) is 7.39. The molecule has 144 valence electrons. The summed E-state index contributed by atoms with van der Waals surface area (Å²) in [6.45, 7) is 1.74. The van der Waals surface area contributed by atoms with E-state index in [0.717, 1.165) is 0 Å². The molecule has 0 saturated heterocycles. The number of carbonyl (C=O) groups excluding carboxylic acids is 1. The third kappa shape index (κ3) is 6.17. The minimum atomic E-state index is -4.33. The van der Waals surface area contributed by atoms with Crippen LogP contribution in [0.1, 0.15) is 6.92 Å². The van der Waals surface area contributed by atoms with E-state index in [1.807, 2.05) is 0 Å². The van der Waals surface area contributed by atoms with Crippen LogP contribution in [-0.2, 0) is 4.79 Å². The van der Waals surface area contributed by atoms with Crippen LogP contribution in [0.25, 0.3) is 5.69 Å². The molecule has 0 aliphatic heterocycles. The topological polar surface area (TPSA) is 80.0 Å². The summed E-state index contributed by atoms with van der Waals surface area (Å²) in [6.07, 6.45) is 3.20. The number of carbonyl (C=O) groups is 1. The average Bonchev–Trinajstić information content (AvgIpc) is 3.08. The maximum atomic E-state index is 12.3. The Morgan fingerprint density at radius 3 is 2.59 bits per heavy atom. The molecule has 0 atom stereocenters. The lowest BCUT2D eigenvalue weighted by Gasteiger charge is -2.06. The van der Waals surface area contributed by atoms with Gasteiger partial charge in [0.1, 0.15) is 12.3 Å². The molecule has 1 aromatic heterocycles. The van der Waals surface area contributed by atoms with Gasteiger partial charge in [0.15, 0.2) is 0 Å². The van der Waals surface area contributed by atoms with Gasteiger partial charge in [-0.25, -0.2) is 4.68 Å². The SMILES string of the molecule is CNC(=O)C(=N)C(C)=CCOc1ccn(-c2ccc(SC(F)(F)F)cc2)n1. The summed E-state index contributed by atoms with van der Waals surface area (Å²) in [5.74, 6) is -0.181. The van der Waals surface area contributed by atoms with E-state index in [0.29, 0.717) is 17.1 Å². The fourth-order valence-electron chi connectivity index (χ4n) is 1.99. The first kappa shape index (κ1) is 20.6. The normalized spacial score (nSPS) is 12.0. The Bertz CT molecular complexity index is 845. The second kappa shape index (κ2) is 8.76. The first-order valence-electron chi connectivity index (χ1n) is 7.72. The number of halogens is 3. The molecule has 0 saturated carbocycles. The van der Waals surface area contributed by atoms with Gasteiger partial charge in [0, 0.05) is 24.2 Å². The summed E-state index contributed by atoms with van der Waals surface area (Å²) < 4.78 is 44.0. The van der Waals surface area contributed by atoms with Crippen molar-refractivity contribution >= 4 is 23.4 Å². The van der Waals surface area contributed by atoms with Gasteiger partial charge in [-0.1, -0.05) is 0 Å². The fraction of sp³-hybridized carbons (Fsp3) is 0.235. The van der Waals surface area contributed by atoms with Crippen molar-refractivity contribution in [3.8, 4) is 11.6 Å². The number of rotatable bonds is 7. The van der Waals surface area contributed by atoms with Crippen molar-refractivity contribution in [2.45, 2.75) is 17.3 Å². The Balaban J connectivity index is 1.96. The highest BCUT2D eigenvalue weighted by molar-refractivity contribution is 8.00. The number of aromatic nitrogens is 2. The van der Waals surface area contributed by atoms with Gasteiger partial charge >= 0.3 is 5.51 Å². The second-order valence-electron chi connectivity index (χ2n) is 5.29. The maximum Gasteiger partial charge on any atom is 0.446 e. The number of hydrogen-bond acceptors (Lipinski definition) is 5. The first-order chi connectivity index (χ1) is 12.7. The van der Waals surface area contributed by atoms with Gasteiger partial charge < -0.3 is 10.1 Å². The number of benzene rings is 1. The molecule has 1 amide bonds. The summed E-state index contributed by atoms with van der Waals surface area (Å²) in [4.78, 5) is 11.4. The highest BCUT2D eigenvalue weighted by atomic mass is 32.2. The highest BCUT2D eigenvalue weighted by Crippen LogP contribution is 2.36. The number of ether oxygens (including phenoxy) is 1. The zero-order valence-electron chi connectivity index (χ0n) is 14.5. The number of nitrogens with one attached hydrogen (secondary N) is 2. The summed E-state index contributed by atoms with van der Waals surface area (Å²) in [7, 11) is 1.45. The third-order valence-corrected chi connectivity index (χ3v) is 4.11. The molecule has 2 rings (SSSR count). The van der Waals surface area contributed by atoms with Gasteiger partial charge in [-0.3, -0.25) is 10.2 Å². The van der Waals surface area contributed by atoms with Gasteiger partial charge in [-0.15, -0.1) is 5.10 Å². The molecule has 0 fully saturated rings. The molecule has 0 unspecified atom stereocenters. The molecule has 6 nitrogen and oxygen atoms in total. The quantitative estimate of drug-likeness (QED) is 0.552. The number of nitrogens with zero attached hydrogens (tertiary/aromatic N) is 2. The van der Waals surface area contributed by atoms with E-state index >= 15 is 0 Å². The minimum absolute atomic E-state index is 0.0917. The zero-order valence-corrected chi connectivity index (χ0v) is 15.3. The van der Waals surface area contributed by atoms with Crippen molar-refractivity contribution in [3.05, 3.63) is 48.2 Å². The van der Waals surface area contributed by atoms with Crippen molar-refractivity contribution < 1.29 is 22.7 Å². The monoisotopic (exact) mass is 398 g/mol. The van der Waals surface area contributed by atoms with E-state index < -0.39 is 11.4 Å². The Morgan fingerprint density at radius 2 is 2.00 bits per heavy atom. The lowest BCUT2D eigenvalue weighted by atomic mass is 10.1. The number of amides is 1. The molecule has 0 spiro atoms. The standard InChI is InChI=1S/C17H17F3N4O2S/c1-11(15(21)16(25)22-2)8-10-26-14-7-9-24(23-14)12-3-5-13(6-4-12)27-17(18,19)20/h3-9,21H,10H2,1-2H3,(H,22,25). The van der Waals surface area contributed by atoms with Crippen LogP contribution in [-0.4, -0.2) is 40.6 Å². The summed E-state index contributed by atoms with van der Waals surface area (Å²) in [5, 5.41) is 14.2. The highest BCUT2D eigenvalue weighted by Gasteiger charge is 2.29. The third-order valence-electron chi connectivity index (χ3n) is 3.37. The van der Waals surface area contributed by atoms with Crippen LogP contribution in [0.15, 0.2) is 53.1 Å². The molecule has 2 N–H and O–H groups in total. The predicted molar refractivity (Wildman–Crippen MR) is 96.5 cm³/mol. The van der Waals surface area contributed by atoms with E-state index in [1.165, 1.54) is 36.0 Å². The molecule has 0 radical (unpaired) electrons. The van der Waals surface area contributed by atoms with Crippen LogP contribution >= 0.6 is 11.8 Å². The molecule has 1 aromatic carbocycles. The summed E-state index contributed by atoms with van der Waals surface area (Å²) >= 11 is -0.177. The van der Waals surface area contributed by atoms with Gasteiger partial charge in [-0.05, 0) is 54.6 Å². The van der Waals surface area contributed by atoms with Crippen molar-refractivity contribution in [2.75, 3.05) is 13.7 Å². The predicted octanol–water partition coefficient (Wildman–Crippen LogP) is 3.58. The van der Waals surface area contributed by atoms with E-state index in [1.54, 1.807) is 25.3 Å². The minimum Gasteiger partial charge on any atom is -0.472 e. The first-order valence-corrected chi connectivity index (χ1v) is 8.53. The lowest BCUT2D eigenvalue weighted by Crippen LogP contribution is -2.27. The van der Waals surface area contributed by atoms with Crippen molar-refractivity contribution in [1.82, 2.24) is 15.1 Å². The number of thioether (sulfide) groups is 1. The molecule has 0 aliphatic carbocycles. The maximum absolute atomic E-state index is 12.3. The van der Waals surface area contributed by atoms with Crippen LogP contribution in [0.3, 0.4) is 0 Å². The van der Waals surface area contributed by atoms with Crippen LogP contribution in [0.5, 0.6) is 5.88 Å². The Hall–Kier alpha value is -2.75. The Morgan fingerprint density at radius 1 is 1.33 bits per heavy atom. The molecule has 1 heterocycles. The van der Waals surface area contributed by atoms with Crippen molar-refractivity contribution in [1.29, 1.82) is 5.41 Å². The molecule has 10 heteroatoms. The van der Waals surface area contributed by atoms with Gasteiger partial charge in [-0.2, -0.15) is 13.2 Å². The van der Waals surface area contributed by atoms with E-state index in [4.69, 9.17) is 10.1 Å². The van der Waals surface area contributed by atoms with Crippen molar-refractivity contribution in [2.24, 2.45) is 0 Å². The van der Waals surface area contributed by atoms with Crippen LogP contribution in [0.2, 0.25) is 0 Å². The van der Waals surface area contributed by atoms with E-state index in [9.17, 15) is 18.0 Å². The largest absolute Gasteiger partial charge is 0.472 e. The smallest absolute Gasteiger partial charge is 0.446 e. The van der Waals surface area contributed by atoms with Gasteiger partial charge in [0.25, 0.3) is 5.91 Å². The molecule has 27 heavy (non-hydrogen) atoms. The van der Waals surface area contributed by atoms with Crippen molar-refractivity contribution in [3.63, 3.8) is 0 Å². The molecular formula is C17H17F3N4O2S. The molecule has 0 aliphatic rings. The number of alkyl halides is 3. The molecular weight excluding hydrogens is 381 g/mol. The fourth-order valence-corrected chi connectivity index (χ4v) is 2.53. The number of hydrogen-bond donors (Lipinski definition) is 2.